The topological polar surface area (TPSA) is 122 Å². The van der Waals surface area contributed by atoms with Crippen LogP contribution in [0.2, 0.25) is 0 Å². The van der Waals surface area contributed by atoms with Gasteiger partial charge in [0.2, 0.25) is 0 Å². The minimum Gasteiger partial charge on any atom is -0.481 e. The molecular weight excluding hydrogens is 288 g/mol. The van der Waals surface area contributed by atoms with Crippen LogP contribution in [0.4, 0.5) is 4.79 Å². The first-order valence-corrected chi connectivity index (χ1v) is 8.27. The molecule has 0 aromatic carbocycles. The second kappa shape index (κ2) is 5.96. The molecule has 3 atom stereocenters. The van der Waals surface area contributed by atoms with Gasteiger partial charge in [0.05, 0.1) is 30.8 Å². The standard InChI is InChI=1S/C11H18N2O6S/c14-10(15)8-4-19-5-9(8)13-11(16)12-7-2-1-3-20(17,18)6-7/h7-9H,1-6H2,(H,14,15)(H2,12,13,16). The molecular formula is C11H18N2O6S. The zero-order valence-electron chi connectivity index (χ0n) is 10.9. The summed E-state index contributed by atoms with van der Waals surface area (Å²) in [5, 5.41) is 14.1. The van der Waals surface area contributed by atoms with E-state index in [1.165, 1.54) is 0 Å². The maximum absolute atomic E-state index is 11.8. The number of carboxylic acids is 1. The van der Waals surface area contributed by atoms with Crippen molar-refractivity contribution in [3.63, 3.8) is 0 Å². The highest BCUT2D eigenvalue weighted by molar-refractivity contribution is 7.91. The van der Waals surface area contributed by atoms with Crippen LogP contribution >= 0.6 is 0 Å². The number of nitrogens with one attached hydrogen (secondary N) is 2. The van der Waals surface area contributed by atoms with E-state index in [4.69, 9.17) is 9.84 Å². The number of ether oxygens (including phenoxy) is 1. The molecule has 2 aliphatic heterocycles. The van der Waals surface area contributed by atoms with E-state index in [0.29, 0.717) is 12.8 Å². The Hall–Kier alpha value is -1.35. The summed E-state index contributed by atoms with van der Waals surface area (Å²) in [6.07, 6.45) is 1.13. The van der Waals surface area contributed by atoms with E-state index >= 15 is 0 Å². The number of carbonyl (C=O) groups excluding carboxylic acids is 1. The number of carbonyl (C=O) groups is 2. The molecule has 0 aromatic rings. The van der Waals surface area contributed by atoms with Gasteiger partial charge in [0.1, 0.15) is 5.92 Å². The molecule has 114 valence electrons. The van der Waals surface area contributed by atoms with Crippen molar-refractivity contribution in [2.24, 2.45) is 5.92 Å². The fourth-order valence-corrected chi connectivity index (χ4v) is 4.11. The number of aliphatic carboxylic acids is 1. The number of amides is 2. The molecule has 2 rings (SSSR count). The van der Waals surface area contributed by atoms with Gasteiger partial charge in [0.25, 0.3) is 0 Å². The van der Waals surface area contributed by atoms with Crippen LogP contribution in [-0.2, 0) is 19.4 Å². The molecule has 0 bridgehead atoms. The smallest absolute Gasteiger partial charge is 0.315 e. The lowest BCUT2D eigenvalue weighted by molar-refractivity contribution is -0.142. The molecule has 2 fully saturated rings. The number of sulfone groups is 1. The Bertz CT molecular complexity index is 491. The lowest BCUT2D eigenvalue weighted by Crippen LogP contribution is -2.52. The lowest BCUT2D eigenvalue weighted by atomic mass is 10.0. The molecule has 0 spiro atoms. The highest BCUT2D eigenvalue weighted by Crippen LogP contribution is 2.15. The minimum atomic E-state index is -3.09. The molecule has 8 nitrogen and oxygen atoms in total. The van der Waals surface area contributed by atoms with Gasteiger partial charge in [-0.25, -0.2) is 13.2 Å². The van der Waals surface area contributed by atoms with Gasteiger partial charge in [-0.05, 0) is 12.8 Å². The van der Waals surface area contributed by atoms with Crippen LogP contribution < -0.4 is 10.6 Å². The summed E-state index contributed by atoms with van der Waals surface area (Å²) < 4.78 is 28.0. The third kappa shape index (κ3) is 3.83. The Morgan fingerprint density at radius 1 is 1.20 bits per heavy atom. The van der Waals surface area contributed by atoms with E-state index in [0.717, 1.165) is 0 Å². The minimum absolute atomic E-state index is 0.0655. The van der Waals surface area contributed by atoms with Gasteiger partial charge in [-0.15, -0.1) is 0 Å². The fourth-order valence-electron chi connectivity index (χ4n) is 2.47. The van der Waals surface area contributed by atoms with Crippen molar-refractivity contribution in [3.05, 3.63) is 0 Å². The summed E-state index contributed by atoms with van der Waals surface area (Å²) in [6, 6.07) is -1.55. The van der Waals surface area contributed by atoms with Crippen molar-refractivity contribution in [1.82, 2.24) is 10.6 Å². The first kappa shape index (κ1) is 15.0. The van der Waals surface area contributed by atoms with E-state index in [9.17, 15) is 18.0 Å². The van der Waals surface area contributed by atoms with Gasteiger partial charge in [-0.2, -0.15) is 0 Å². The average molecular weight is 306 g/mol. The molecule has 2 saturated heterocycles. The van der Waals surface area contributed by atoms with Crippen molar-refractivity contribution < 1.29 is 27.9 Å². The summed E-state index contributed by atoms with van der Waals surface area (Å²) in [5.41, 5.74) is 0. The third-order valence-electron chi connectivity index (χ3n) is 3.51. The average Bonchev–Trinajstić information content (AvgIpc) is 2.75. The molecule has 0 radical (unpaired) electrons. The summed E-state index contributed by atoms with van der Waals surface area (Å²) in [7, 11) is -3.09. The van der Waals surface area contributed by atoms with Crippen molar-refractivity contribution in [3.8, 4) is 0 Å². The Morgan fingerprint density at radius 3 is 2.60 bits per heavy atom. The zero-order chi connectivity index (χ0) is 14.8. The van der Waals surface area contributed by atoms with Crippen molar-refractivity contribution in [2.75, 3.05) is 24.7 Å². The normalized spacial score (nSPS) is 32.5. The van der Waals surface area contributed by atoms with Crippen LogP contribution in [0.5, 0.6) is 0 Å². The van der Waals surface area contributed by atoms with Gasteiger partial charge < -0.3 is 20.5 Å². The van der Waals surface area contributed by atoms with Gasteiger partial charge in [0.15, 0.2) is 9.84 Å². The first-order valence-electron chi connectivity index (χ1n) is 6.45. The summed E-state index contributed by atoms with van der Waals surface area (Å²) >= 11 is 0. The van der Waals surface area contributed by atoms with Crippen LogP contribution in [0.15, 0.2) is 0 Å². The predicted octanol–water partition coefficient (Wildman–Crippen LogP) is -1.04. The largest absolute Gasteiger partial charge is 0.481 e. The fraction of sp³-hybridized carbons (Fsp3) is 0.818. The van der Waals surface area contributed by atoms with Crippen LogP contribution in [0.3, 0.4) is 0 Å². The Balaban J connectivity index is 1.85. The molecule has 0 aromatic heterocycles. The Morgan fingerprint density at radius 2 is 1.95 bits per heavy atom. The van der Waals surface area contributed by atoms with E-state index in [2.05, 4.69) is 10.6 Å². The van der Waals surface area contributed by atoms with Gasteiger partial charge in [-0.1, -0.05) is 0 Å². The van der Waals surface area contributed by atoms with E-state index < -0.39 is 39.8 Å². The SMILES string of the molecule is O=C(NC1CCCS(=O)(=O)C1)NC1COCC1C(=O)O. The zero-order valence-corrected chi connectivity index (χ0v) is 11.7. The number of carboxylic acid groups (broad SMARTS) is 1. The van der Waals surface area contributed by atoms with Gasteiger partial charge in [0, 0.05) is 6.04 Å². The van der Waals surface area contributed by atoms with Crippen LogP contribution in [0.1, 0.15) is 12.8 Å². The second-order valence-electron chi connectivity index (χ2n) is 5.16. The highest BCUT2D eigenvalue weighted by Gasteiger charge is 2.35. The third-order valence-corrected chi connectivity index (χ3v) is 5.33. The maximum Gasteiger partial charge on any atom is 0.315 e. The number of hydrogen-bond donors (Lipinski definition) is 3. The maximum atomic E-state index is 11.8. The van der Waals surface area contributed by atoms with E-state index in [1.807, 2.05) is 0 Å². The lowest BCUT2D eigenvalue weighted by Gasteiger charge is -2.24. The molecule has 2 amide bonds. The molecule has 2 aliphatic rings. The molecule has 9 heteroatoms. The van der Waals surface area contributed by atoms with Crippen molar-refractivity contribution in [2.45, 2.75) is 24.9 Å². The van der Waals surface area contributed by atoms with E-state index in [-0.39, 0.29) is 24.7 Å². The van der Waals surface area contributed by atoms with E-state index in [1.54, 1.807) is 0 Å². The molecule has 2 heterocycles. The van der Waals surface area contributed by atoms with Crippen LogP contribution in [0, 0.1) is 5.92 Å². The molecule has 3 unspecified atom stereocenters. The summed E-state index contributed by atoms with van der Waals surface area (Å²) in [6.45, 7) is 0.214. The summed E-state index contributed by atoms with van der Waals surface area (Å²) in [5.74, 6) is -1.70. The van der Waals surface area contributed by atoms with Gasteiger partial charge >= 0.3 is 12.0 Å². The predicted molar refractivity (Wildman–Crippen MR) is 69.1 cm³/mol. The van der Waals surface area contributed by atoms with Crippen molar-refractivity contribution >= 4 is 21.8 Å². The second-order valence-corrected chi connectivity index (χ2v) is 7.39. The number of rotatable bonds is 3. The monoisotopic (exact) mass is 306 g/mol. The first-order chi connectivity index (χ1) is 9.37. The van der Waals surface area contributed by atoms with Crippen molar-refractivity contribution in [1.29, 1.82) is 0 Å². The number of urea groups is 1. The van der Waals surface area contributed by atoms with Crippen LogP contribution in [0.25, 0.3) is 0 Å². The molecule has 20 heavy (non-hydrogen) atoms. The Labute approximate surface area is 116 Å². The molecule has 0 saturated carbocycles. The quantitative estimate of drug-likeness (QED) is 0.612. The summed E-state index contributed by atoms with van der Waals surface area (Å²) in [4.78, 5) is 22.7. The highest BCUT2D eigenvalue weighted by atomic mass is 32.2. The Kier molecular flexibility index (Phi) is 4.48. The molecule has 3 N–H and O–H groups in total. The van der Waals surface area contributed by atoms with Crippen LogP contribution in [-0.4, -0.2) is 62.3 Å². The molecule has 0 aliphatic carbocycles. The number of hydrogen-bond acceptors (Lipinski definition) is 5. The van der Waals surface area contributed by atoms with Gasteiger partial charge in [-0.3, -0.25) is 4.79 Å².